The van der Waals surface area contributed by atoms with Gasteiger partial charge < -0.3 is 17.2 Å². The smallest absolute Gasteiger partial charge is 0.234 e. The average Bonchev–Trinajstić information content (AvgIpc) is 1.67. The van der Waals surface area contributed by atoms with Crippen molar-refractivity contribution in [2.75, 3.05) is 6.54 Å². The van der Waals surface area contributed by atoms with E-state index in [1.54, 1.807) is 0 Å². The third-order valence-corrected chi connectivity index (χ3v) is 0.843. The fraction of sp³-hybridized carbons (Fsp3) is 0.750. The van der Waals surface area contributed by atoms with Gasteiger partial charge in [-0.05, 0) is 13.0 Å². The van der Waals surface area contributed by atoms with Crippen LogP contribution in [-0.4, -0.2) is 18.5 Å². The second-order valence-electron chi connectivity index (χ2n) is 1.59. The summed E-state index contributed by atoms with van der Waals surface area (Å²) in [7, 11) is 0. The summed E-state index contributed by atoms with van der Waals surface area (Å²) < 4.78 is 0. The Morgan fingerprint density at radius 3 is 2.25 bits per heavy atom. The minimum Gasteiger partial charge on any atom is -0.368 e. The van der Waals surface area contributed by atoms with Gasteiger partial charge in [0, 0.05) is 0 Å². The summed E-state index contributed by atoms with van der Waals surface area (Å²) in [5, 5.41) is 0. The van der Waals surface area contributed by atoms with Crippen LogP contribution in [0.2, 0.25) is 0 Å². The van der Waals surface area contributed by atoms with Crippen LogP contribution in [0.1, 0.15) is 6.42 Å². The van der Waals surface area contributed by atoms with Crippen molar-refractivity contribution >= 4 is 5.91 Å². The van der Waals surface area contributed by atoms with Crippen molar-refractivity contribution in [3.63, 3.8) is 0 Å². The number of hydrogen-bond acceptors (Lipinski definition) is 3. The van der Waals surface area contributed by atoms with Crippen molar-refractivity contribution in [2.45, 2.75) is 12.5 Å². The van der Waals surface area contributed by atoms with E-state index >= 15 is 0 Å². The van der Waals surface area contributed by atoms with Crippen LogP contribution < -0.4 is 17.2 Å². The van der Waals surface area contributed by atoms with Crippen LogP contribution in [0.25, 0.3) is 0 Å². The van der Waals surface area contributed by atoms with E-state index in [-0.39, 0.29) is 0 Å². The minimum atomic E-state index is -0.569. The van der Waals surface area contributed by atoms with Crippen LogP contribution in [0.3, 0.4) is 0 Å². The Balaban J connectivity index is 3.32. The number of rotatable bonds is 3. The Labute approximate surface area is 48.0 Å². The lowest BCUT2D eigenvalue weighted by Gasteiger charge is -2.01. The maximum atomic E-state index is 10.1. The summed E-state index contributed by atoms with van der Waals surface area (Å²) >= 11 is 0. The van der Waals surface area contributed by atoms with Crippen molar-refractivity contribution in [2.24, 2.45) is 17.2 Å². The van der Waals surface area contributed by atoms with E-state index in [0.717, 1.165) is 0 Å². The molecule has 0 aromatic heterocycles. The Morgan fingerprint density at radius 1 is 1.62 bits per heavy atom. The van der Waals surface area contributed by atoms with Crippen LogP contribution in [0.4, 0.5) is 0 Å². The monoisotopic (exact) mass is 117 g/mol. The highest BCUT2D eigenvalue weighted by molar-refractivity contribution is 5.79. The molecule has 0 aliphatic rings. The molecule has 0 spiro atoms. The molecule has 1 atom stereocenters. The second-order valence-corrected chi connectivity index (χ2v) is 1.59. The maximum absolute atomic E-state index is 10.1. The fourth-order valence-electron chi connectivity index (χ4n) is 0.322. The quantitative estimate of drug-likeness (QED) is 0.405. The average molecular weight is 117 g/mol. The predicted molar refractivity (Wildman–Crippen MR) is 30.8 cm³/mol. The molecule has 4 nitrogen and oxygen atoms in total. The Bertz CT molecular complexity index is 83.4. The van der Waals surface area contributed by atoms with Gasteiger partial charge in [0.25, 0.3) is 0 Å². The van der Waals surface area contributed by atoms with Gasteiger partial charge in [0.05, 0.1) is 6.04 Å². The first kappa shape index (κ1) is 7.39. The number of hydrogen-bond donors (Lipinski definition) is 3. The molecule has 0 bridgehead atoms. The summed E-state index contributed by atoms with van der Waals surface area (Å²) in [5.41, 5.74) is 15.1. The molecule has 0 saturated carbocycles. The maximum Gasteiger partial charge on any atom is 0.234 e. The summed E-state index contributed by atoms with van der Waals surface area (Å²) in [4.78, 5) is 10.1. The summed E-state index contributed by atoms with van der Waals surface area (Å²) in [5.74, 6) is -0.490. The molecule has 0 aliphatic carbocycles. The molecule has 0 aromatic carbocycles. The van der Waals surface area contributed by atoms with Crippen LogP contribution in [0, 0.1) is 0 Å². The first-order valence-corrected chi connectivity index (χ1v) is 2.43. The number of carbonyl (C=O) groups is 1. The SMILES string of the molecule is NCCC(N)C(N)=O. The molecule has 0 aromatic rings. The van der Waals surface area contributed by atoms with Crippen molar-refractivity contribution in [1.82, 2.24) is 0 Å². The summed E-state index contributed by atoms with van der Waals surface area (Å²) in [6.45, 7) is 0.407. The summed E-state index contributed by atoms with van der Waals surface area (Å²) in [6, 6.07) is -0.569. The van der Waals surface area contributed by atoms with E-state index in [1.165, 1.54) is 0 Å². The van der Waals surface area contributed by atoms with Crippen molar-refractivity contribution in [1.29, 1.82) is 0 Å². The van der Waals surface area contributed by atoms with Gasteiger partial charge in [0.2, 0.25) is 5.91 Å². The fourth-order valence-corrected chi connectivity index (χ4v) is 0.322. The molecule has 6 N–H and O–H groups in total. The van der Waals surface area contributed by atoms with Gasteiger partial charge in [-0.1, -0.05) is 0 Å². The van der Waals surface area contributed by atoms with Crippen LogP contribution >= 0.6 is 0 Å². The van der Waals surface area contributed by atoms with Gasteiger partial charge in [-0.25, -0.2) is 0 Å². The van der Waals surface area contributed by atoms with E-state index in [0.29, 0.717) is 13.0 Å². The lowest BCUT2D eigenvalue weighted by molar-refractivity contribution is -0.119. The van der Waals surface area contributed by atoms with E-state index < -0.39 is 11.9 Å². The summed E-state index contributed by atoms with van der Waals surface area (Å²) in [6.07, 6.45) is 0.468. The van der Waals surface area contributed by atoms with Gasteiger partial charge in [0.1, 0.15) is 0 Å². The molecule has 8 heavy (non-hydrogen) atoms. The van der Waals surface area contributed by atoms with Crippen LogP contribution in [0.5, 0.6) is 0 Å². The van der Waals surface area contributed by atoms with Crippen LogP contribution in [-0.2, 0) is 4.79 Å². The molecule has 0 rings (SSSR count). The molecule has 48 valence electrons. The van der Waals surface area contributed by atoms with E-state index in [9.17, 15) is 4.79 Å². The predicted octanol–water partition coefficient (Wildman–Crippen LogP) is -1.85. The van der Waals surface area contributed by atoms with E-state index in [4.69, 9.17) is 17.2 Å². The van der Waals surface area contributed by atoms with Gasteiger partial charge in [-0.2, -0.15) is 0 Å². The lowest BCUT2D eigenvalue weighted by atomic mass is 10.2. The molecule has 1 unspecified atom stereocenters. The number of amides is 1. The van der Waals surface area contributed by atoms with Crippen LogP contribution in [0.15, 0.2) is 0 Å². The Morgan fingerprint density at radius 2 is 2.12 bits per heavy atom. The van der Waals surface area contributed by atoms with Crippen molar-refractivity contribution < 1.29 is 4.79 Å². The van der Waals surface area contributed by atoms with Gasteiger partial charge in [-0.3, -0.25) is 4.79 Å². The zero-order chi connectivity index (χ0) is 6.57. The molecule has 0 aliphatic heterocycles. The molecular formula is C4H11N3O. The van der Waals surface area contributed by atoms with Crippen molar-refractivity contribution in [3.05, 3.63) is 0 Å². The highest BCUT2D eigenvalue weighted by atomic mass is 16.1. The van der Waals surface area contributed by atoms with Crippen molar-refractivity contribution in [3.8, 4) is 0 Å². The number of carbonyl (C=O) groups excluding carboxylic acids is 1. The highest BCUT2D eigenvalue weighted by Gasteiger charge is 2.05. The van der Waals surface area contributed by atoms with Gasteiger partial charge in [0.15, 0.2) is 0 Å². The molecule has 0 fully saturated rings. The largest absolute Gasteiger partial charge is 0.368 e. The second kappa shape index (κ2) is 3.40. The number of primary amides is 1. The van der Waals surface area contributed by atoms with E-state index in [1.807, 2.05) is 0 Å². The van der Waals surface area contributed by atoms with Gasteiger partial charge in [-0.15, -0.1) is 0 Å². The highest BCUT2D eigenvalue weighted by Crippen LogP contribution is 1.80. The lowest BCUT2D eigenvalue weighted by Crippen LogP contribution is -2.37. The first-order valence-electron chi connectivity index (χ1n) is 2.43. The zero-order valence-electron chi connectivity index (χ0n) is 4.63. The molecule has 4 heteroatoms. The normalized spacial score (nSPS) is 13.2. The zero-order valence-corrected chi connectivity index (χ0v) is 4.63. The topological polar surface area (TPSA) is 95.1 Å². The minimum absolute atomic E-state index is 0.407. The van der Waals surface area contributed by atoms with E-state index in [2.05, 4.69) is 0 Å². The molecular weight excluding hydrogens is 106 g/mol. The first-order chi connectivity index (χ1) is 3.68. The molecule has 0 saturated heterocycles. The molecule has 1 amide bonds. The Hall–Kier alpha value is -0.610. The molecule has 0 heterocycles. The third-order valence-electron chi connectivity index (χ3n) is 0.843. The Kier molecular flexibility index (Phi) is 3.14. The number of nitrogens with two attached hydrogens (primary N) is 3. The molecule has 0 radical (unpaired) electrons. The van der Waals surface area contributed by atoms with Gasteiger partial charge >= 0.3 is 0 Å². The third kappa shape index (κ3) is 2.54. The standard InChI is InChI=1S/C4H11N3O/c5-2-1-3(6)4(7)8/h3H,1-2,5-6H2,(H2,7,8).